The second kappa shape index (κ2) is 8.73. The predicted octanol–water partition coefficient (Wildman–Crippen LogP) is 2.17. The number of amides is 1. The maximum absolute atomic E-state index is 12.7. The Morgan fingerprint density at radius 2 is 1.88 bits per heavy atom. The Hall–Kier alpha value is -1.79. The van der Waals surface area contributed by atoms with Crippen LogP contribution in [-0.4, -0.2) is 73.9 Å². The molecular formula is C20H30N2O4. The van der Waals surface area contributed by atoms with Crippen LogP contribution in [0.15, 0.2) is 24.3 Å². The molecule has 1 aromatic rings. The Balaban J connectivity index is 1.54. The van der Waals surface area contributed by atoms with Crippen LogP contribution < -0.4 is 9.47 Å². The maximum atomic E-state index is 12.7. The third-order valence-corrected chi connectivity index (χ3v) is 5.08. The van der Waals surface area contributed by atoms with Gasteiger partial charge in [-0.05, 0) is 38.8 Å². The SMILES string of the molecule is COc1ccccc1OCC(=O)N1CCC[C@@H]1CN1C[C@@H](C)O[C@H](C)C1. The zero-order chi connectivity index (χ0) is 18.5. The summed E-state index contributed by atoms with van der Waals surface area (Å²) in [4.78, 5) is 17.1. The van der Waals surface area contributed by atoms with Crippen LogP contribution in [0.2, 0.25) is 0 Å². The first-order chi connectivity index (χ1) is 12.6. The molecule has 3 rings (SSSR count). The Morgan fingerprint density at radius 1 is 1.19 bits per heavy atom. The number of methoxy groups -OCH3 is 1. The van der Waals surface area contributed by atoms with Gasteiger partial charge in [-0.2, -0.15) is 0 Å². The van der Waals surface area contributed by atoms with Gasteiger partial charge in [-0.3, -0.25) is 9.69 Å². The fourth-order valence-corrected chi connectivity index (χ4v) is 4.05. The number of nitrogens with zero attached hydrogens (tertiary/aromatic N) is 2. The standard InChI is InChI=1S/C20H30N2O4/c1-15-11-21(12-16(2)26-15)13-17-7-6-10-22(17)20(23)14-25-19-9-5-4-8-18(19)24-3/h4-5,8-9,15-17H,6-7,10-14H2,1-3H3/t15-,16-,17-/m1/s1. The van der Waals surface area contributed by atoms with Crippen molar-refractivity contribution in [1.82, 2.24) is 9.80 Å². The topological polar surface area (TPSA) is 51.2 Å². The molecule has 2 fully saturated rings. The fourth-order valence-electron chi connectivity index (χ4n) is 4.05. The predicted molar refractivity (Wildman–Crippen MR) is 99.7 cm³/mol. The average Bonchev–Trinajstić information content (AvgIpc) is 3.07. The van der Waals surface area contributed by atoms with Crippen molar-refractivity contribution in [3.05, 3.63) is 24.3 Å². The number of morpholine rings is 1. The number of benzene rings is 1. The largest absolute Gasteiger partial charge is 0.493 e. The molecule has 0 unspecified atom stereocenters. The summed E-state index contributed by atoms with van der Waals surface area (Å²) in [6.45, 7) is 7.86. The van der Waals surface area contributed by atoms with Gasteiger partial charge < -0.3 is 19.1 Å². The van der Waals surface area contributed by atoms with E-state index in [-0.39, 0.29) is 30.8 Å². The maximum Gasteiger partial charge on any atom is 0.260 e. The molecule has 2 saturated heterocycles. The molecule has 2 heterocycles. The van der Waals surface area contributed by atoms with E-state index in [2.05, 4.69) is 18.7 Å². The van der Waals surface area contributed by atoms with E-state index in [0.717, 1.165) is 39.0 Å². The molecule has 2 aliphatic rings. The van der Waals surface area contributed by atoms with Crippen molar-refractivity contribution in [3.63, 3.8) is 0 Å². The summed E-state index contributed by atoms with van der Waals surface area (Å²) in [6.07, 6.45) is 2.61. The normalized spacial score (nSPS) is 26.7. The molecule has 3 atom stereocenters. The lowest BCUT2D eigenvalue weighted by Crippen LogP contribution is -2.51. The van der Waals surface area contributed by atoms with Gasteiger partial charge >= 0.3 is 0 Å². The molecule has 0 radical (unpaired) electrons. The minimum Gasteiger partial charge on any atom is -0.493 e. The highest BCUT2D eigenvalue weighted by atomic mass is 16.5. The number of likely N-dealkylation sites (tertiary alicyclic amines) is 1. The molecule has 6 heteroatoms. The second-order valence-electron chi connectivity index (χ2n) is 7.30. The van der Waals surface area contributed by atoms with Crippen LogP contribution in [-0.2, 0) is 9.53 Å². The molecule has 0 bridgehead atoms. The van der Waals surface area contributed by atoms with Crippen LogP contribution in [0.5, 0.6) is 11.5 Å². The van der Waals surface area contributed by atoms with Gasteiger partial charge in [-0.1, -0.05) is 12.1 Å². The zero-order valence-electron chi connectivity index (χ0n) is 16.0. The summed E-state index contributed by atoms with van der Waals surface area (Å²) >= 11 is 0. The number of para-hydroxylation sites is 2. The molecular weight excluding hydrogens is 332 g/mol. The molecule has 1 amide bonds. The first kappa shape index (κ1) is 19.0. The van der Waals surface area contributed by atoms with E-state index in [1.54, 1.807) is 7.11 Å². The third-order valence-electron chi connectivity index (χ3n) is 5.08. The van der Waals surface area contributed by atoms with Crippen molar-refractivity contribution < 1.29 is 19.0 Å². The van der Waals surface area contributed by atoms with Crippen molar-refractivity contribution >= 4 is 5.91 Å². The van der Waals surface area contributed by atoms with Gasteiger partial charge in [0.2, 0.25) is 0 Å². The van der Waals surface area contributed by atoms with Crippen molar-refractivity contribution in [1.29, 1.82) is 0 Å². The molecule has 1 aromatic carbocycles. The van der Waals surface area contributed by atoms with E-state index in [1.807, 2.05) is 29.2 Å². The first-order valence-corrected chi connectivity index (χ1v) is 9.50. The molecule has 144 valence electrons. The van der Waals surface area contributed by atoms with Gasteiger partial charge in [0.05, 0.1) is 19.3 Å². The van der Waals surface area contributed by atoms with Crippen molar-refractivity contribution in [2.75, 3.05) is 39.9 Å². The van der Waals surface area contributed by atoms with Gasteiger partial charge in [0.25, 0.3) is 5.91 Å². The highest BCUT2D eigenvalue weighted by Gasteiger charge is 2.32. The van der Waals surface area contributed by atoms with Gasteiger partial charge in [0, 0.05) is 32.2 Å². The number of ether oxygens (including phenoxy) is 3. The summed E-state index contributed by atoms with van der Waals surface area (Å²) in [7, 11) is 1.60. The summed E-state index contributed by atoms with van der Waals surface area (Å²) in [5.74, 6) is 1.30. The van der Waals surface area contributed by atoms with Crippen LogP contribution in [0.1, 0.15) is 26.7 Å². The molecule has 0 saturated carbocycles. The molecule has 26 heavy (non-hydrogen) atoms. The highest BCUT2D eigenvalue weighted by molar-refractivity contribution is 5.78. The van der Waals surface area contributed by atoms with E-state index < -0.39 is 0 Å². The smallest absolute Gasteiger partial charge is 0.260 e. The van der Waals surface area contributed by atoms with E-state index in [9.17, 15) is 4.79 Å². The van der Waals surface area contributed by atoms with Crippen molar-refractivity contribution in [2.24, 2.45) is 0 Å². The molecule has 0 aromatic heterocycles. The van der Waals surface area contributed by atoms with E-state index in [1.165, 1.54) is 0 Å². The number of carbonyl (C=O) groups excluding carboxylic acids is 1. The quantitative estimate of drug-likeness (QED) is 0.776. The summed E-state index contributed by atoms with van der Waals surface area (Å²) in [5.41, 5.74) is 0. The van der Waals surface area contributed by atoms with Gasteiger partial charge in [0.15, 0.2) is 18.1 Å². The minimum atomic E-state index is 0.0484. The van der Waals surface area contributed by atoms with Crippen LogP contribution in [0.4, 0.5) is 0 Å². The number of rotatable bonds is 6. The Labute approximate surface area is 156 Å². The monoisotopic (exact) mass is 362 g/mol. The first-order valence-electron chi connectivity index (χ1n) is 9.50. The molecule has 2 aliphatic heterocycles. The van der Waals surface area contributed by atoms with Crippen LogP contribution in [0.3, 0.4) is 0 Å². The second-order valence-corrected chi connectivity index (χ2v) is 7.30. The third kappa shape index (κ3) is 4.68. The molecule has 0 spiro atoms. The lowest BCUT2D eigenvalue weighted by molar-refractivity contribution is -0.135. The van der Waals surface area contributed by atoms with E-state index >= 15 is 0 Å². The zero-order valence-corrected chi connectivity index (χ0v) is 16.0. The van der Waals surface area contributed by atoms with Gasteiger partial charge in [-0.25, -0.2) is 0 Å². The number of hydrogen-bond acceptors (Lipinski definition) is 5. The summed E-state index contributed by atoms with van der Waals surface area (Å²) < 4.78 is 16.8. The minimum absolute atomic E-state index is 0.0484. The fraction of sp³-hybridized carbons (Fsp3) is 0.650. The van der Waals surface area contributed by atoms with Gasteiger partial charge in [0.1, 0.15) is 0 Å². The number of carbonyl (C=O) groups is 1. The lowest BCUT2D eigenvalue weighted by atomic mass is 10.1. The van der Waals surface area contributed by atoms with Gasteiger partial charge in [-0.15, -0.1) is 0 Å². The summed E-state index contributed by atoms with van der Waals surface area (Å²) in [5, 5.41) is 0. The summed E-state index contributed by atoms with van der Waals surface area (Å²) in [6, 6.07) is 7.68. The Kier molecular flexibility index (Phi) is 6.38. The van der Waals surface area contributed by atoms with Crippen LogP contribution in [0, 0.1) is 0 Å². The Bertz CT molecular complexity index is 599. The van der Waals surface area contributed by atoms with E-state index in [0.29, 0.717) is 11.5 Å². The molecule has 0 aliphatic carbocycles. The van der Waals surface area contributed by atoms with Crippen molar-refractivity contribution in [3.8, 4) is 11.5 Å². The lowest BCUT2D eigenvalue weighted by Gasteiger charge is -2.38. The van der Waals surface area contributed by atoms with Crippen LogP contribution >= 0.6 is 0 Å². The number of hydrogen-bond donors (Lipinski definition) is 0. The highest BCUT2D eigenvalue weighted by Crippen LogP contribution is 2.26. The average molecular weight is 362 g/mol. The molecule has 6 nitrogen and oxygen atoms in total. The molecule has 0 N–H and O–H groups in total. The Morgan fingerprint density at radius 3 is 2.58 bits per heavy atom. The van der Waals surface area contributed by atoms with Crippen molar-refractivity contribution in [2.45, 2.75) is 44.9 Å². The van der Waals surface area contributed by atoms with E-state index in [4.69, 9.17) is 14.2 Å². The van der Waals surface area contributed by atoms with Crippen LogP contribution in [0.25, 0.3) is 0 Å².